The Morgan fingerprint density at radius 3 is 2.47 bits per heavy atom. The van der Waals surface area contributed by atoms with Gasteiger partial charge in [0.1, 0.15) is 0 Å². The lowest BCUT2D eigenvalue weighted by Crippen LogP contribution is -2.40. The summed E-state index contributed by atoms with van der Waals surface area (Å²) in [5.74, 6) is -1.63. The van der Waals surface area contributed by atoms with Crippen LogP contribution in [0.2, 0.25) is 0 Å². The molecule has 1 aromatic rings. The Hall–Kier alpha value is -1.10. The minimum absolute atomic E-state index is 0.0413. The fraction of sp³-hybridized carbons (Fsp3) is 0.500. The van der Waals surface area contributed by atoms with E-state index in [1.807, 2.05) is 17.5 Å². The van der Waals surface area contributed by atoms with E-state index >= 15 is 0 Å². The Morgan fingerprint density at radius 1 is 1.21 bits per heavy atom. The molecule has 1 saturated carbocycles. The smallest absolute Gasteiger partial charge is 0.284 e. The van der Waals surface area contributed by atoms with E-state index in [-0.39, 0.29) is 17.4 Å². The van der Waals surface area contributed by atoms with Crippen LogP contribution in [0, 0.1) is 11.8 Å². The maximum atomic E-state index is 12.7. The van der Waals surface area contributed by atoms with Gasteiger partial charge in [-0.3, -0.25) is 4.79 Å². The molecule has 0 spiro atoms. The van der Waals surface area contributed by atoms with Crippen LogP contribution in [0.5, 0.6) is 0 Å². The molecule has 2 atom stereocenters. The molecule has 0 N–H and O–H groups in total. The van der Waals surface area contributed by atoms with E-state index in [0.717, 1.165) is 30.6 Å². The summed E-state index contributed by atoms with van der Waals surface area (Å²) in [6, 6.07) is 3.63. The van der Waals surface area contributed by atoms with Crippen molar-refractivity contribution >= 4 is 22.7 Å². The normalized spacial score (nSPS) is 26.9. The quantitative estimate of drug-likeness (QED) is 0.785. The maximum absolute atomic E-state index is 12.7. The molecule has 102 valence electrons. The summed E-state index contributed by atoms with van der Waals surface area (Å²) in [6.45, 7) is 0. The summed E-state index contributed by atoms with van der Waals surface area (Å²) in [7, 11) is 0. The topological polar surface area (TPSA) is 17.1 Å². The van der Waals surface area contributed by atoms with E-state index in [1.54, 1.807) is 0 Å². The van der Waals surface area contributed by atoms with Crippen molar-refractivity contribution in [1.82, 2.24) is 0 Å². The van der Waals surface area contributed by atoms with Crippen LogP contribution in [-0.4, -0.2) is 12.0 Å². The first-order chi connectivity index (χ1) is 9.00. The second-order valence-corrected chi connectivity index (χ2v) is 6.08. The van der Waals surface area contributed by atoms with Crippen molar-refractivity contribution < 1.29 is 18.0 Å². The molecule has 2 unspecified atom stereocenters. The zero-order valence-electron chi connectivity index (χ0n) is 10.2. The number of halogens is 3. The lowest BCUT2D eigenvalue weighted by molar-refractivity contribution is -0.167. The Labute approximate surface area is 113 Å². The lowest BCUT2D eigenvalue weighted by atomic mass is 9.60. The fourth-order valence-corrected chi connectivity index (χ4v) is 4.17. The molecule has 0 aliphatic heterocycles. The van der Waals surface area contributed by atoms with Crippen molar-refractivity contribution in [2.45, 2.75) is 31.9 Å². The average Bonchev–Trinajstić information content (AvgIpc) is 2.83. The minimum Gasteiger partial charge on any atom is -0.284 e. The molecule has 2 aliphatic carbocycles. The molecule has 0 radical (unpaired) electrons. The van der Waals surface area contributed by atoms with Gasteiger partial charge in [0.15, 0.2) is 0 Å². The summed E-state index contributed by atoms with van der Waals surface area (Å²) in [6.07, 6.45) is -1.15. The zero-order valence-corrected chi connectivity index (χ0v) is 11.0. The molecule has 1 fully saturated rings. The molecule has 0 amide bonds. The number of allylic oxidation sites excluding steroid dienone is 2. The molecular weight excluding hydrogens is 273 g/mol. The molecule has 3 rings (SSSR count). The predicted octanol–water partition coefficient (Wildman–Crippen LogP) is 4.45. The third-order valence-electron chi connectivity index (χ3n) is 4.09. The van der Waals surface area contributed by atoms with Gasteiger partial charge < -0.3 is 0 Å². The number of carbonyl (C=O) groups is 1. The van der Waals surface area contributed by atoms with Gasteiger partial charge in [-0.2, -0.15) is 13.2 Å². The van der Waals surface area contributed by atoms with Crippen LogP contribution in [0.25, 0.3) is 5.57 Å². The first kappa shape index (κ1) is 12.9. The van der Waals surface area contributed by atoms with Crippen LogP contribution in [-0.2, 0) is 4.79 Å². The van der Waals surface area contributed by atoms with Crippen LogP contribution in [0.15, 0.2) is 23.1 Å². The van der Waals surface area contributed by atoms with Gasteiger partial charge in [0, 0.05) is 10.5 Å². The maximum Gasteiger partial charge on any atom is 0.454 e. The van der Waals surface area contributed by atoms with Gasteiger partial charge in [-0.05, 0) is 41.7 Å². The van der Waals surface area contributed by atoms with E-state index in [4.69, 9.17) is 0 Å². The van der Waals surface area contributed by atoms with E-state index in [9.17, 15) is 18.0 Å². The van der Waals surface area contributed by atoms with Crippen molar-refractivity contribution in [2.75, 3.05) is 0 Å². The fourth-order valence-electron chi connectivity index (χ4n) is 3.32. The molecule has 5 heteroatoms. The van der Waals surface area contributed by atoms with Crippen LogP contribution in [0.3, 0.4) is 0 Å². The highest BCUT2D eigenvalue weighted by Gasteiger charge is 2.52. The Balaban J connectivity index is 2.05. The molecule has 0 saturated heterocycles. The van der Waals surface area contributed by atoms with Gasteiger partial charge in [0.05, 0.1) is 0 Å². The summed E-state index contributed by atoms with van der Waals surface area (Å²) < 4.78 is 38.1. The van der Waals surface area contributed by atoms with Gasteiger partial charge in [0.25, 0.3) is 5.78 Å². The molecule has 0 bridgehead atoms. The summed E-state index contributed by atoms with van der Waals surface area (Å²) >= 11 is 1.42. The van der Waals surface area contributed by atoms with Crippen LogP contribution >= 0.6 is 11.3 Å². The second kappa shape index (κ2) is 4.47. The first-order valence-electron chi connectivity index (χ1n) is 6.39. The number of hydrogen-bond donors (Lipinski definition) is 0. The number of hydrogen-bond acceptors (Lipinski definition) is 2. The number of rotatable bonds is 2. The standard InChI is InChI=1S/C14H13F3OS/c15-14(16,17)13(18)12-9-5-2-1-4-8(9)11(12)10-6-3-7-19-10/h3,6-9H,1-2,4-5H2. The number of thiophene rings is 1. The van der Waals surface area contributed by atoms with Crippen molar-refractivity contribution in [1.29, 1.82) is 0 Å². The highest BCUT2D eigenvalue weighted by molar-refractivity contribution is 7.11. The van der Waals surface area contributed by atoms with Gasteiger partial charge in [-0.25, -0.2) is 0 Å². The number of fused-ring (bicyclic) bond motifs is 1. The van der Waals surface area contributed by atoms with Crippen LogP contribution < -0.4 is 0 Å². The summed E-state index contributed by atoms with van der Waals surface area (Å²) in [4.78, 5) is 12.5. The van der Waals surface area contributed by atoms with Crippen molar-refractivity contribution in [3.63, 3.8) is 0 Å². The Kier molecular flexibility index (Phi) is 3.04. The first-order valence-corrected chi connectivity index (χ1v) is 7.27. The summed E-state index contributed by atoms with van der Waals surface area (Å²) in [5, 5.41) is 1.84. The third-order valence-corrected chi connectivity index (χ3v) is 4.99. The number of carbonyl (C=O) groups excluding carboxylic acids is 1. The zero-order chi connectivity index (χ0) is 13.6. The van der Waals surface area contributed by atoms with Crippen molar-refractivity contribution in [2.24, 2.45) is 11.8 Å². The molecule has 19 heavy (non-hydrogen) atoms. The monoisotopic (exact) mass is 286 g/mol. The van der Waals surface area contributed by atoms with Gasteiger partial charge >= 0.3 is 6.18 Å². The van der Waals surface area contributed by atoms with Crippen LogP contribution in [0.1, 0.15) is 30.6 Å². The second-order valence-electron chi connectivity index (χ2n) is 5.13. The SMILES string of the molecule is O=C(C1=C(c2cccs2)C2CCCCC12)C(F)(F)F. The highest BCUT2D eigenvalue weighted by Crippen LogP contribution is 2.55. The molecule has 1 aromatic heterocycles. The Morgan fingerprint density at radius 2 is 1.89 bits per heavy atom. The van der Waals surface area contributed by atoms with E-state index in [2.05, 4.69) is 0 Å². The van der Waals surface area contributed by atoms with Crippen LogP contribution in [0.4, 0.5) is 13.2 Å². The van der Waals surface area contributed by atoms with E-state index in [1.165, 1.54) is 11.3 Å². The van der Waals surface area contributed by atoms with Gasteiger partial charge in [0.2, 0.25) is 0 Å². The average molecular weight is 286 g/mol. The molecule has 1 nitrogen and oxygen atoms in total. The van der Waals surface area contributed by atoms with E-state index in [0.29, 0.717) is 5.57 Å². The number of ketones is 1. The van der Waals surface area contributed by atoms with Crippen molar-refractivity contribution in [3.8, 4) is 0 Å². The highest BCUT2D eigenvalue weighted by atomic mass is 32.1. The molecular formula is C14H13F3OS. The number of alkyl halides is 3. The molecule has 1 heterocycles. The lowest BCUT2D eigenvalue weighted by Gasteiger charge is -2.44. The minimum atomic E-state index is -4.75. The molecule has 2 aliphatic rings. The van der Waals surface area contributed by atoms with Gasteiger partial charge in [-0.15, -0.1) is 11.3 Å². The third kappa shape index (κ3) is 2.04. The van der Waals surface area contributed by atoms with Gasteiger partial charge in [-0.1, -0.05) is 18.9 Å². The number of Topliss-reactive ketones (excluding diaryl/α,β-unsaturated/α-hetero) is 1. The molecule has 0 aromatic carbocycles. The van der Waals surface area contributed by atoms with Crippen molar-refractivity contribution in [3.05, 3.63) is 28.0 Å². The Bertz CT molecular complexity index is 527. The predicted molar refractivity (Wildman–Crippen MR) is 67.7 cm³/mol. The largest absolute Gasteiger partial charge is 0.454 e. The summed E-state index contributed by atoms with van der Waals surface area (Å²) in [5.41, 5.74) is 0.710. The van der Waals surface area contributed by atoms with E-state index < -0.39 is 12.0 Å².